The quantitative estimate of drug-likeness (QED) is 0.501. The van der Waals surface area contributed by atoms with E-state index < -0.39 is 0 Å². The van der Waals surface area contributed by atoms with E-state index in [1.165, 1.54) is 18.1 Å². The molecule has 0 aliphatic carbocycles. The van der Waals surface area contributed by atoms with E-state index in [9.17, 15) is 4.79 Å². The fourth-order valence-corrected chi connectivity index (χ4v) is 3.71. The first kappa shape index (κ1) is 18.4. The molecule has 0 saturated heterocycles. The third-order valence-electron chi connectivity index (χ3n) is 3.89. The van der Waals surface area contributed by atoms with Gasteiger partial charge in [-0.2, -0.15) is 5.10 Å². The number of carbonyl (C=O) groups excluding carboxylic acids is 1. The molecule has 0 unspecified atom stereocenters. The maximum Gasteiger partial charge on any atom is 0.256 e. The lowest BCUT2D eigenvalue weighted by Crippen LogP contribution is -2.16. The summed E-state index contributed by atoms with van der Waals surface area (Å²) in [6.45, 7) is 3.85. The second-order valence-electron chi connectivity index (χ2n) is 6.00. The number of benzene rings is 1. The molecular formula is C17H15ClN8OS. The van der Waals surface area contributed by atoms with Gasteiger partial charge in [0.15, 0.2) is 5.16 Å². The summed E-state index contributed by atoms with van der Waals surface area (Å²) in [6.07, 6.45) is 2.97. The van der Waals surface area contributed by atoms with Gasteiger partial charge in [0.05, 0.1) is 17.1 Å². The van der Waals surface area contributed by atoms with E-state index in [1.54, 1.807) is 29.2 Å². The number of aromatic nitrogens is 7. The molecule has 11 heteroatoms. The molecule has 1 N–H and O–H groups in total. The van der Waals surface area contributed by atoms with Crippen molar-refractivity contribution in [3.63, 3.8) is 0 Å². The Hall–Kier alpha value is -2.98. The minimum Gasteiger partial charge on any atom is -0.323 e. The number of nitrogens with zero attached hydrogens (tertiary/aromatic N) is 7. The van der Waals surface area contributed by atoms with Gasteiger partial charge in [-0.3, -0.25) is 9.20 Å². The maximum atomic E-state index is 12.5. The Morgan fingerprint density at radius 1 is 1.25 bits per heavy atom. The van der Waals surface area contributed by atoms with Crippen molar-refractivity contribution in [1.29, 1.82) is 0 Å². The monoisotopic (exact) mass is 414 g/mol. The smallest absolute Gasteiger partial charge is 0.256 e. The Kier molecular flexibility index (Phi) is 4.97. The second kappa shape index (κ2) is 7.56. The molecule has 142 valence electrons. The van der Waals surface area contributed by atoms with Crippen LogP contribution in [0.2, 0.25) is 5.02 Å². The molecule has 3 aromatic heterocycles. The van der Waals surface area contributed by atoms with Gasteiger partial charge in [-0.25, -0.2) is 14.6 Å². The summed E-state index contributed by atoms with van der Waals surface area (Å²) in [5, 5.41) is 16.3. The van der Waals surface area contributed by atoms with Crippen molar-refractivity contribution < 1.29 is 4.79 Å². The fraction of sp³-hybridized carbons (Fsp3) is 0.176. The van der Waals surface area contributed by atoms with Gasteiger partial charge in [0.1, 0.15) is 12.7 Å². The number of carbonyl (C=O) groups is 1. The van der Waals surface area contributed by atoms with Crippen LogP contribution in [-0.2, 0) is 4.79 Å². The SMILES string of the molecule is Cc1cc(C)n2c(SCC(=O)Nc3cc(Cl)ccc3-n3cncn3)nnc2n1. The van der Waals surface area contributed by atoms with Crippen LogP contribution in [0.15, 0.2) is 42.1 Å². The molecule has 0 aliphatic heterocycles. The van der Waals surface area contributed by atoms with Crippen molar-refractivity contribution in [3.8, 4) is 5.69 Å². The second-order valence-corrected chi connectivity index (χ2v) is 7.37. The van der Waals surface area contributed by atoms with Gasteiger partial charge in [-0.1, -0.05) is 23.4 Å². The van der Waals surface area contributed by atoms with E-state index in [1.807, 2.05) is 24.3 Å². The Labute approximate surface area is 169 Å². The number of nitrogens with one attached hydrogen (secondary N) is 1. The zero-order valence-corrected chi connectivity index (χ0v) is 16.6. The Balaban J connectivity index is 1.51. The molecule has 0 radical (unpaired) electrons. The normalized spacial score (nSPS) is 11.1. The highest BCUT2D eigenvalue weighted by Crippen LogP contribution is 2.25. The van der Waals surface area contributed by atoms with Crippen molar-refractivity contribution in [2.24, 2.45) is 0 Å². The van der Waals surface area contributed by atoms with Crippen LogP contribution in [0.25, 0.3) is 11.5 Å². The van der Waals surface area contributed by atoms with Crippen LogP contribution in [0.1, 0.15) is 11.4 Å². The molecule has 3 heterocycles. The molecule has 0 saturated carbocycles. The standard InChI is InChI=1S/C17H15ClN8OS/c1-10-5-11(2)26-16(21-10)23-24-17(26)28-7-15(27)22-13-6-12(18)3-4-14(13)25-9-19-8-20-25/h3-6,8-9H,7H2,1-2H3,(H,22,27). The average molecular weight is 415 g/mol. The highest BCUT2D eigenvalue weighted by Gasteiger charge is 2.14. The summed E-state index contributed by atoms with van der Waals surface area (Å²) in [6, 6.07) is 7.10. The summed E-state index contributed by atoms with van der Waals surface area (Å²) in [5.74, 6) is 0.462. The highest BCUT2D eigenvalue weighted by atomic mass is 35.5. The van der Waals surface area contributed by atoms with Gasteiger partial charge in [-0.05, 0) is 38.1 Å². The maximum absolute atomic E-state index is 12.5. The first-order chi connectivity index (χ1) is 13.5. The molecule has 0 spiro atoms. The summed E-state index contributed by atoms with van der Waals surface area (Å²) < 4.78 is 3.38. The summed E-state index contributed by atoms with van der Waals surface area (Å²) in [4.78, 5) is 20.8. The lowest BCUT2D eigenvalue weighted by atomic mass is 10.2. The third kappa shape index (κ3) is 3.69. The lowest BCUT2D eigenvalue weighted by Gasteiger charge is -2.11. The van der Waals surface area contributed by atoms with E-state index in [0.717, 1.165) is 11.4 Å². The highest BCUT2D eigenvalue weighted by molar-refractivity contribution is 7.99. The minimum absolute atomic E-state index is 0.150. The van der Waals surface area contributed by atoms with Gasteiger partial charge >= 0.3 is 0 Å². The average Bonchev–Trinajstić information content (AvgIpc) is 3.30. The minimum atomic E-state index is -0.205. The number of hydrogen-bond acceptors (Lipinski definition) is 7. The topological polar surface area (TPSA) is 103 Å². The van der Waals surface area contributed by atoms with E-state index in [0.29, 0.717) is 27.3 Å². The van der Waals surface area contributed by atoms with Crippen LogP contribution in [0.4, 0.5) is 5.69 Å². The molecule has 0 bridgehead atoms. The third-order valence-corrected chi connectivity index (χ3v) is 5.06. The summed E-state index contributed by atoms with van der Waals surface area (Å²) in [7, 11) is 0. The predicted octanol–water partition coefficient (Wildman–Crippen LogP) is 2.71. The molecule has 4 aromatic rings. The predicted molar refractivity (Wildman–Crippen MR) is 106 cm³/mol. The van der Waals surface area contributed by atoms with Crippen LogP contribution in [0, 0.1) is 13.8 Å². The number of hydrogen-bond donors (Lipinski definition) is 1. The van der Waals surface area contributed by atoms with E-state index in [-0.39, 0.29) is 11.7 Å². The molecule has 28 heavy (non-hydrogen) atoms. The molecular weight excluding hydrogens is 400 g/mol. The number of fused-ring (bicyclic) bond motifs is 1. The lowest BCUT2D eigenvalue weighted by molar-refractivity contribution is -0.113. The van der Waals surface area contributed by atoms with Crippen LogP contribution < -0.4 is 5.32 Å². The van der Waals surface area contributed by atoms with Gasteiger partial charge in [0, 0.05) is 16.4 Å². The van der Waals surface area contributed by atoms with Gasteiger partial charge < -0.3 is 5.32 Å². The van der Waals surface area contributed by atoms with Crippen LogP contribution in [0.5, 0.6) is 0 Å². The van der Waals surface area contributed by atoms with Gasteiger partial charge in [0.2, 0.25) is 5.91 Å². The number of halogens is 1. The number of amides is 1. The van der Waals surface area contributed by atoms with Crippen molar-refractivity contribution in [2.45, 2.75) is 19.0 Å². The number of thioether (sulfide) groups is 1. The zero-order chi connectivity index (χ0) is 19.7. The first-order valence-electron chi connectivity index (χ1n) is 8.28. The van der Waals surface area contributed by atoms with Crippen LogP contribution in [0.3, 0.4) is 0 Å². The molecule has 1 amide bonds. The molecule has 1 aromatic carbocycles. The first-order valence-corrected chi connectivity index (χ1v) is 9.64. The van der Waals surface area contributed by atoms with E-state index >= 15 is 0 Å². The van der Waals surface area contributed by atoms with Gasteiger partial charge in [-0.15, -0.1) is 10.2 Å². The van der Waals surface area contributed by atoms with Crippen molar-refractivity contribution >= 4 is 40.7 Å². The summed E-state index contributed by atoms with van der Waals surface area (Å²) in [5.41, 5.74) is 3.04. The van der Waals surface area contributed by atoms with E-state index in [4.69, 9.17) is 11.6 Å². The zero-order valence-electron chi connectivity index (χ0n) is 15.0. The Morgan fingerprint density at radius 3 is 2.89 bits per heavy atom. The van der Waals surface area contributed by atoms with Crippen LogP contribution in [-0.4, -0.2) is 46.0 Å². The largest absolute Gasteiger partial charge is 0.323 e. The number of aryl methyl sites for hydroxylation is 2. The number of anilines is 1. The Bertz CT molecular complexity index is 1160. The number of rotatable bonds is 5. The molecule has 0 fully saturated rings. The molecule has 4 rings (SSSR count). The van der Waals surface area contributed by atoms with Crippen molar-refractivity contribution in [3.05, 3.63) is 53.3 Å². The molecule has 0 atom stereocenters. The Morgan fingerprint density at radius 2 is 2.11 bits per heavy atom. The van der Waals surface area contributed by atoms with Gasteiger partial charge in [0.25, 0.3) is 5.78 Å². The van der Waals surface area contributed by atoms with Crippen molar-refractivity contribution in [2.75, 3.05) is 11.1 Å². The van der Waals surface area contributed by atoms with E-state index in [2.05, 4.69) is 30.6 Å². The van der Waals surface area contributed by atoms with Crippen molar-refractivity contribution in [1.82, 2.24) is 34.3 Å². The summed E-state index contributed by atoms with van der Waals surface area (Å²) >= 11 is 7.37. The van der Waals surface area contributed by atoms with Crippen LogP contribution >= 0.6 is 23.4 Å². The molecule has 0 aliphatic rings. The molecule has 9 nitrogen and oxygen atoms in total. The fourth-order valence-electron chi connectivity index (χ4n) is 2.75.